The largest absolute Gasteiger partial charge is 0.399 e. The first kappa shape index (κ1) is 13.8. The SMILES string of the molecule is Cc1nnc(NCc2cccc(N)c2C)c(C#N)c1C. The van der Waals surface area contributed by atoms with Crippen LogP contribution in [0.2, 0.25) is 0 Å². The van der Waals surface area contributed by atoms with Crippen LogP contribution in [0.1, 0.15) is 27.9 Å². The molecule has 0 spiro atoms. The third-order valence-corrected chi connectivity index (χ3v) is 3.50. The van der Waals surface area contributed by atoms with Crippen LogP contribution in [0.4, 0.5) is 11.5 Å². The van der Waals surface area contributed by atoms with Crippen molar-refractivity contribution in [2.24, 2.45) is 0 Å². The molecule has 102 valence electrons. The van der Waals surface area contributed by atoms with Gasteiger partial charge in [0.15, 0.2) is 5.82 Å². The maximum atomic E-state index is 9.24. The minimum absolute atomic E-state index is 0.512. The number of nitriles is 1. The predicted molar refractivity (Wildman–Crippen MR) is 79.1 cm³/mol. The molecule has 0 aliphatic rings. The monoisotopic (exact) mass is 267 g/mol. The molecule has 0 aliphatic carbocycles. The summed E-state index contributed by atoms with van der Waals surface area (Å²) in [5.74, 6) is 0.512. The van der Waals surface area contributed by atoms with E-state index in [2.05, 4.69) is 21.6 Å². The van der Waals surface area contributed by atoms with Crippen LogP contribution in [-0.2, 0) is 6.54 Å². The second-order valence-corrected chi connectivity index (χ2v) is 4.73. The van der Waals surface area contributed by atoms with Gasteiger partial charge in [0.2, 0.25) is 0 Å². The molecule has 1 heterocycles. The average Bonchev–Trinajstić information content (AvgIpc) is 2.44. The summed E-state index contributed by atoms with van der Waals surface area (Å²) in [6.45, 7) is 6.25. The van der Waals surface area contributed by atoms with Gasteiger partial charge in [0, 0.05) is 12.2 Å². The molecule has 0 unspecified atom stereocenters. The summed E-state index contributed by atoms with van der Waals surface area (Å²) >= 11 is 0. The molecule has 0 saturated carbocycles. The van der Waals surface area contributed by atoms with Crippen molar-refractivity contribution in [2.75, 3.05) is 11.1 Å². The van der Waals surface area contributed by atoms with Crippen molar-refractivity contribution in [2.45, 2.75) is 27.3 Å². The predicted octanol–water partition coefficient (Wildman–Crippen LogP) is 2.47. The molecule has 0 atom stereocenters. The van der Waals surface area contributed by atoms with Crippen LogP contribution in [-0.4, -0.2) is 10.2 Å². The number of nitrogens with two attached hydrogens (primary N) is 1. The van der Waals surface area contributed by atoms with Crippen LogP contribution >= 0.6 is 0 Å². The van der Waals surface area contributed by atoms with Crippen molar-refractivity contribution < 1.29 is 0 Å². The molecule has 0 aliphatic heterocycles. The molecule has 1 aromatic heterocycles. The second-order valence-electron chi connectivity index (χ2n) is 4.73. The lowest BCUT2D eigenvalue weighted by molar-refractivity contribution is 0.939. The summed E-state index contributed by atoms with van der Waals surface area (Å²) in [6, 6.07) is 7.96. The summed E-state index contributed by atoms with van der Waals surface area (Å²) < 4.78 is 0. The van der Waals surface area contributed by atoms with Gasteiger partial charge in [0.1, 0.15) is 11.6 Å². The number of hydrogen-bond acceptors (Lipinski definition) is 5. The van der Waals surface area contributed by atoms with Gasteiger partial charge < -0.3 is 11.1 Å². The summed E-state index contributed by atoms with van der Waals surface area (Å²) in [4.78, 5) is 0. The molecule has 1 aromatic carbocycles. The van der Waals surface area contributed by atoms with E-state index >= 15 is 0 Å². The normalized spacial score (nSPS) is 10.1. The van der Waals surface area contributed by atoms with Gasteiger partial charge in [-0.1, -0.05) is 12.1 Å². The highest BCUT2D eigenvalue weighted by Gasteiger charge is 2.11. The fraction of sp³-hybridized carbons (Fsp3) is 0.267. The Hall–Kier alpha value is -2.61. The van der Waals surface area contributed by atoms with E-state index in [4.69, 9.17) is 5.73 Å². The number of rotatable bonds is 3. The summed E-state index contributed by atoms with van der Waals surface area (Å²) in [5.41, 5.74) is 10.9. The number of nitrogen functional groups attached to an aromatic ring is 1. The third-order valence-electron chi connectivity index (χ3n) is 3.50. The zero-order chi connectivity index (χ0) is 14.7. The van der Waals surface area contributed by atoms with E-state index in [9.17, 15) is 5.26 Å². The standard InChI is InChI=1S/C15H17N5/c1-9-11(3)19-20-15(13(9)7-16)18-8-12-5-4-6-14(17)10(12)2/h4-6H,8,17H2,1-3H3,(H,18,20). The third kappa shape index (κ3) is 2.54. The molecule has 2 rings (SSSR count). The Labute approximate surface area is 118 Å². The van der Waals surface area contributed by atoms with Gasteiger partial charge >= 0.3 is 0 Å². The van der Waals surface area contributed by atoms with Crippen molar-refractivity contribution in [1.82, 2.24) is 10.2 Å². The lowest BCUT2D eigenvalue weighted by atomic mass is 10.1. The van der Waals surface area contributed by atoms with Gasteiger partial charge in [-0.05, 0) is 43.5 Å². The topological polar surface area (TPSA) is 87.6 Å². The molecule has 0 fully saturated rings. The van der Waals surface area contributed by atoms with Gasteiger partial charge in [-0.3, -0.25) is 0 Å². The van der Waals surface area contributed by atoms with Crippen LogP contribution in [0.3, 0.4) is 0 Å². The molecule has 5 nitrogen and oxygen atoms in total. The van der Waals surface area contributed by atoms with Gasteiger partial charge in [0.05, 0.1) is 5.69 Å². The van der Waals surface area contributed by atoms with Crippen molar-refractivity contribution in [1.29, 1.82) is 5.26 Å². The fourth-order valence-corrected chi connectivity index (χ4v) is 1.94. The quantitative estimate of drug-likeness (QED) is 0.834. The number of hydrogen-bond donors (Lipinski definition) is 2. The Kier molecular flexibility index (Phi) is 3.85. The summed E-state index contributed by atoms with van der Waals surface area (Å²) in [5, 5.41) is 20.5. The van der Waals surface area contributed by atoms with Crippen LogP contribution in [0.15, 0.2) is 18.2 Å². The second kappa shape index (κ2) is 5.57. The first-order valence-electron chi connectivity index (χ1n) is 6.36. The first-order valence-corrected chi connectivity index (χ1v) is 6.36. The number of anilines is 2. The van der Waals surface area contributed by atoms with Gasteiger partial charge in [-0.2, -0.15) is 10.4 Å². The van der Waals surface area contributed by atoms with Crippen LogP contribution in [0.5, 0.6) is 0 Å². The molecule has 3 N–H and O–H groups in total. The summed E-state index contributed by atoms with van der Waals surface area (Å²) in [7, 11) is 0. The minimum atomic E-state index is 0.512. The lowest BCUT2D eigenvalue weighted by Gasteiger charge is -2.12. The van der Waals surface area contributed by atoms with Crippen LogP contribution in [0.25, 0.3) is 0 Å². The maximum Gasteiger partial charge on any atom is 0.167 e. The smallest absolute Gasteiger partial charge is 0.167 e. The van der Waals surface area contributed by atoms with Crippen molar-refractivity contribution in [3.63, 3.8) is 0 Å². The Bertz CT molecular complexity index is 685. The van der Waals surface area contributed by atoms with E-state index < -0.39 is 0 Å². The summed E-state index contributed by atoms with van der Waals surface area (Å²) in [6.07, 6.45) is 0. The van der Waals surface area contributed by atoms with Crippen molar-refractivity contribution in [3.05, 3.63) is 46.1 Å². The molecule has 0 bridgehead atoms. The van der Waals surface area contributed by atoms with E-state index in [0.29, 0.717) is 17.9 Å². The average molecular weight is 267 g/mol. The van der Waals surface area contributed by atoms with Crippen molar-refractivity contribution in [3.8, 4) is 6.07 Å². The van der Waals surface area contributed by atoms with E-state index in [-0.39, 0.29) is 0 Å². The van der Waals surface area contributed by atoms with Gasteiger partial charge in [-0.15, -0.1) is 5.10 Å². The Balaban J connectivity index is 2.26. The number of aromatic nitrogens is 2. The molecule has 2 aromatic rings. The first-order chi connectivity index (χ1) is 9.54. The lowest BCUT2D eigenvalue weighted by Crippen LogP contribution is -2.08. The van der Waals surface area contributed by atoms with Crippen LogP contribution in [0, 0.1) is 32.1 Å². The maximum absolute atomic E-state index is 9.24. The van der Waals surface area contributed by atoms with Gasteiger partial charge in [0.25, 0.3) is 0 Å². The van der Waals surface area contributed by atoms with Gasteiger partial charge in [-0.25, -0.2) is 0 Å². The Morgan fingerprint density at radius 1 is 1.20 bits per heavy atom. The highest BCUT2D eigenvalue weighted by atomic mass is 15.2. The van der Waals surface area contributed by atoms with E-state index in [1.807, 2.05) is 39.0 Å². The Morgan fingerprint density at radius 3 is 2.65 bits per heavy atom. The molecule has 20 heavy (non-hydrogen) atoms. The van der Waals surface area contributed by atoms with E-state index in [0.717, 1.165) is 28.1 Å². The number of benzene rings is 1. The van der Waals surface area contributed by atoms with E-state index in [1.54, 1.807) is 0 Å². The molecular weight excluding hydrogens is 250 g/mol. The van der Waals surface area contributed by atoms with Crippen LogP contribution < -0.4 is 11.1 Å². The van der Waals surface area contributed by atoms with Crippen molar-refractivity contribution >= 4 is 11.5 Å². The fourth-order valence-electron chi connectivity index (χ4n) is 1.94. The number of nitrogens with zero attached hydrogens (tertiary/aromatic N) is 3. The highest BCUT2D eigenvalue weighted by Crippen LogP contribution is 2.20. The molecule has 0 radical (unpaired) electrons. The molecule has 0 amide bonds. The molecular formula is C15H17N5. The molecule has 0 saturated heterocycles. The van der Waals surface area contributed by atoms with E-state index in [1.165, 1.54) is 0 Å². The molecule has 5 heteroatoms. The number of aryl methyl sites for hydroxylation is 1. The number of nitrogens with one attached hydrogen (secondary N) is 1. The Morgan fingerprint density at radius 2 is 1.95 bits per heavy atom. The highest BCUT2D eigenvalue weighted by molar-refractivity contribution is 5.57. The zero-order valence-electron chi connectivity index (χ0n) is 11.9. The zero-order valence-corrected chi connectivity index (χ0v) is 11.9. The minimum Gasteiger partial charge on any atom is -0.399 e.